The van der Waals surface area contributed by atoms with Crippen LogP contribution in [0.3, 0.4) is 0 Å². The summed E-state index contributed by atoms with van der Waals surface area (Å²) >= 11 is 0. The van der Waals surface area contributed by atoms with Gasteiger partial charge in [0.15, 0.2) is 0 Å². The zero-order valence-corrected chi connectivity index (χ0v) is 13.2. The first kappa shape index (κ1) is 16.8. The topological polar surface area (TPSA) is 56.8 Å². The van der Waals surface area contributed by atoms with Gasteiger partial charge in [-0.15, -0.1) is 0 Å². The molecule has 122 valence electrons. The van der Waals surface area contributed by atoms with Crippen molar-refractivity contribution in [1.82, 2.24) is 5.32 Å². The highest BCUT2D eigenvalue weighted by Crippen LogP contribution is 2.17. The number of nitrogens with one attached hydrogen (secondary N) is 1. The largest absolute Gasteiger partial charge is 0.491 e. The number of hydrogen-bond donors (Lipinski definition) is 1. The predicted octanol–water partition coefficient (Wildman–Crippen LogP) is 2.14. The molecule has 1 aliphatic rings. The number of benzene rings is 1. The lowest BCUT2D eigenvalue weighted by atomic mass is 9.98. The molecule has 1 heterocycles. The first-order valence-corrected chi connectivity index (χ1v) is 7.83. The van der Waals surface area contributed by atoms with E-state index in [1.807, 2.05) is 24.3 Å². The summed E-state index contributed by atoms with van der Waals surface area (Å²) in [5.74, 6) is 1.27. The van der Waals surface area contributed by atoms with E-state index in [0.717, 1.165) is 30.8 Å². The van der Waals surface area contributed by atoms with Gasteiger partial charge in [-0.05, 0) is 36.5 Å². The van der Waals surface area contributed by atoms with E-state index in [9.17, 15) is 4.79 Å². The molecule has 1 N–H and O–H groups in total. The van der Waals surface area contributed by atoms with Crippen molar-refractivity contribution in [3.05, 3.63) is 29.8 Å². The number of amides is 1. The van der Waals surface area contributed by atoms with Gasteiger partial charge >= 0.3 is 0 Å². The van der Waals surface area contributed by atoms with Crippen molar-refractivity contribution in [2.75, 3.05) is 33.5 Å². The highest BCUT2D eigenvalue weighted by atomic mass is 16.5. The minimum absolute atomic E-state index is 0.0934. The number of carbonyl (C=O) groups excluding carboxylic acids is 1. The third-order valence-corrected chi connectivity index (χ3v) is 3.70. The summed E-state index contributed by atoms with van der Waals surface area (Å²) in [4.78, 5) is 11.9. The number of carbonyl (C=O) groups is 1. The van der Waals surface area contributed by atoms with Gasteiger partial charge in [0, 0.05) is 33.3 Å². The van der Waals surface area contributed by atoms with Gasteiger partial charge in [-0.25, -0.2) is 0 Å². The standard InChI is InChI=1S/C17H25NO4/c1-20-9-10-22-16-6-4-14(5-7-16)12-18-17(19)11-15-3-2-8-21-13-15/h4-7,15H,2-3,8-13H2,1H3,(H,18,19)/t15-/m0/s1. The zero-order chi connectivity index (χ0) is 15.6. The second-order valence-electron chi connectivity index (χ2n) is 5.55. The predicted molar refractivity (Wildman–Crippen MR) is 83.8 cm³/mol. The van der Waals surface area contributed by atoms with Crippen LogP contribution in [0.5, 0.6) is 5.75 Å². The summed E-state index contributed by atoms with van der Waals surface area (Å²) in [5, 5.41) is 2.96. The summed E-state index contributed by atoms with van der Waals surface area (Å²) in [6, 6.07) is 7.75. The van der Waals surface area contributed by atoms with Crippen molar-refractivity contribution in [1.29, 1.82) is 0 Å². The molecule has 1 aromatic rings. The fraction of sp³-hybridized carbons (Fsp3) is 0.588. The van der Waals surface area contributed by atoms with Crippen molar-refractivity contribution in [2.45, 2.75) is 25.8 Å². The van der Waals surface area contributed by atoms with Crippen LogP contribution in [-0.2, 0) is 20.8 Å². The molecule has 0 unspecified atom stereocenters. The van der Waals surface area contributed by atoms with Gasteiger partial charge < -0.3 is 19.5 Å². The summed E-state index contributed by atoms with van der Waals surface area (Å²) in [6.45, 7) is 3.20. The second-order valence-corrected chi connectivity index (χ2v) is 5.55. The van der Waals surface area contributed by atoms with E-state index in [2.05, 4.69) is 5.32 Å². The molecule has 5 heteroatoms. The van der Waals surface area contributed by atoms with E-state index in [4.69, 9.17) is 14.2 Å². The summed E-state index contributed by atoms with van der Waals surface area (Å²) < 4.78 is 15.8. The lowest BCUT2D eigenvalue weighted by Gasteiger charge is -2.21. The van der Waals surface area contributed by atoms with Crippen molar-refractivity contribution in [3.8, 4) is 5.75 Å². The molecular weight excluding hydrogens is 282 g/mol. The van der Waals surface area contributed by atoms with E-state index in [1.54, 1.807) is 7.11 Å². The van der Waals surface area contributed by atoms with Crippen LogP contribution in [0.2, 0.25) is 0 Å². The highest BCUT2D eigenvalue weighted by molar-refractivity contribution is 5.76. The molecule has 0 radical (unpaired) electrons. The Balaban J connectivity index is 1.68. The summed E-state index contributed by atoms with van der Waals surface area (Å²) in [7, 11) is 1.65. The minimum atomic E-state index is 0.0934. The van der Waals surface area contributed by atoms with E-state index in [1.165, 1.54) is 0 Å². The molecule has 1 saturated heterocycles. The fourth-order valence-electron chi connectivity index (χ4n) is 2.45. The number of hydrogen-bond acceptors (Lipinski definition) is 4. The maximum atomic E-state index is 11.9. The van der Waals surface area contributed by atoms with Crippen LogP contribution >= 0.6 is 0 Å². The van der Waals surface area contributed by atoms with Crippen molar-refractivity contribution >= 4 is 5.91 Å². The van der Waals surface area contributed by atoms with Crippen molar-refractivity contribution in [3.63, 3.8) is 0 Å². The average molecular weight is 307 g/mol. The maximum Gasteiger partial charge on any atom is 0.220 e. The van der Waals surface area contributed by atoms with Gasteiger partial charge in [-0.3, -0.25) is 4.79 Å². The van der Waals surface area contributed by atoms with Gasteiger partial charge in [-0.2, -0.15) is 0 Å². The van der Waals surface area contributed by atoms with Gasteiger partial charge in [0.05, 0.1) is 6.61 Å². The molecule has 0 aliphatic carbocycles. The van der Waals surface area contributed by atoms with Crippen LogP contribution in [-0.4, -0.2) is 39.4 Å². The average Bonchev–Trinajstić information content (AvgIpc) is 2.55. The third-order valence-electron chi connectivity index (χ3n) is 3.70. The van der Waals surface area contributed by atoms with Crippen LogP contribution in [0.4, 0.5) is 0 Å². The molecule has 0 aromatic heterocycles. The molecule has 5 nitrogen and oxygen atoms in total. The van der Waals surface area contributed by atoms with Gasteiger partial charge in [0.2, 0.25) is 5.91 Å². The Hall–Kier alpha value is -1.59. The first-order valence-electron chi connectivity index (χ1n) is 7.83. The Kier molecular flexibility index (Phi) is 7.19. The van der Waals surface area contributed by atoms with Crippen LogP contribution < -0.4 is 10.1 Å². The molecule has 22 heavy (non-hydrogen) atoms. The smallest absolute Gasteiger partial charge is 0.220 e. The molecular formula is C17H25NO4. The normalized spacial score (nSPS) is 18.0. The SMILES string of the molecule is COCCOc1ccc(CNC(=O)C[C@@H]2CCCOC2)cc1. The first-order chi connectivity index (χ1) is 10.8. The van der Waals surface area contributed by atoms with E-state index in [-0.39, 0.29) is 5.91 Å². The van der Waals surface area contributed by atoms with Crippen LogP contribution in [0.25, 0.3) is 0 Å². The lowest BCUT2D eigenvalue weighted by molar-refractivity contribution is -0.123. The summed E-state index contributed by atoms with van der Waals surface area (Å²) in [6.07, 6.45) is 2.70. The molecule has 0 bridgehead atoms. The Bertz CT molecular complexity index is 440. The van der Waals surface area contributed by atoms with Gasteiger partial charge in [0.25, 0.3) is 0 Å². The Morgan fingerprint density at radius 1 is 1.32 bits per heavy atom. The number of rotatable bonds is 8. The van der Waals surface area contributed by atoms with Crippen LogP contribution in [0, 0.1) is 5.92 Å². The van der Waals surface area contributed by atoms with Gasteiger partial charge in [-0.1, -0.05) is 12.1 Å². The van der Waals surface area contributed by atoms with Crippen molar-refractivity contribution in [2.24, 2.45) is 5.92 Å². The molecule has 1 amide bonds. The molecule has 0 spiro atoms. The zero-order valence-electron chi connectivity index (χ0n) is 13.2. The minimum Gasteiger partial charge on any atom is -0.491 e. The quantitative estimate of drug-likeness (QED) is 0.748. The van der Waals surface area contributed by atoms with E-state index >= 15 is 0 Å². The monoisotopic (exact) mass is 307 g/mol. The molecule has 1 aliphatic heterocycles. The van der Waals surface area contributed by atoms with E-state index in [0.29, 0.717) is 38.7 Å². The van der Waals surface area contributed by atoms with Crippen LogP contribution in [0.1, 0.15) is 24.8 Å². The third kappa shape index (κ3) is 6.03. The highest BCUT2D eigenvalue weighted by Gasteiger charge is 2.17. The molecule has 1 aromatic carbocycles. The lowest BCUT2D eigenvalue weighted by Crippen LogP contribution is -2.28. The van der Waals surface area contributed by atoms with Gasteiger partial charge in [0.1, 0.15) is 12.4 Å². The summed E-state index contributed by atoms with van der Waals surface area (Å²) in [5.41, 5.74) is 1.06. The number of ether oxygens (including phenoxy) is 3. The maximum absolute atomic E-state index is 11.9. The molecule has 2 rings (SSSR count). The molecule has 1 atom stereocenters. The van der Waals surface area contributed by atoms with Crippen LogP contribution in [0.15, 0.2) is 24.3 Å². The fourth-order valence-corrected chi connectivity index (χ4v) is 2.45. The molecule has 0 saturated carbocycles. The van der Waals surface area contributed by atoms with Crippen molar-refractivity contribution < 1.29 is 19.0 Å². The molecule has 1 fully saturated rings. The Morgan fingerprint density at radius 2 is 2.14 bits per heavy atom. The second kappa shape index (κ2) is 9.43. The Labute approximate surface area is 131 Å². The Morgan fingerprint density at radius 3 is 2.82 bits per heavy atom. The van der Waals surface area contributed by atoms with E-state index < -0.39 is 0 Å². The number of methoxy groups -OCH3 is 1.